The van der Waals surface area contributed by atoms with Crippen LogP contribution in [-0.2, 0) is 18.7 Å². The quantitative estimate of drug-likeness (QED) is 0.0750. The van der Waals surface area contributed by atoms with Crippen LogP contribution in [-0.4, -0.2) is 51.8 Å². The second kappa shape index (κ2) is 13.5. The van der Waals surface area contributed by atoms with Crippen molar-refractivity contribution in [3.63, 3.8) is 0 Å². The van der Waals surface area contributed by atoms with Crippen molar-refractivity contribution in [3.05, 3.63) is 94.8 Å². The van der Waals surface area contributed by atoms with Gasteiger partial charge >= 0.3 is 179 Å². The van der Waals surface area contributed by atoms with Crippen LogP contribution in [0.1, 0.15) is 43.1 Å². The summed E-state index contributed by atoms with van der Waals surface area (Å²) in [4.78, 5) is 6.94. The fraction of sp³-hybridized carbons (Fsp3) is 0.323. The van der Waals surface area contributed by atoms with E-state index in [-0.39, 0.29) is 0 Å². The summed E-state index contributed by atoms with van der Waals surface area (Å²) in [5, 5.41) is 23.7. The molecule has 5 rings (SSSR count). The monoisotopic (exact) mass is 693 g/mol. The van der Waals surface area contributed by atoms with Crippen LogP contribution in [0.2, 0.25) is 19.8 Å². The minimum absolute atomic E-state index is 0.732. The molecule has 0 bridgehead atoms. The molecule has 0 radical (unpaired) electrons. The Labute approximate surface area is 256 Å². The maximum absolute atomic E-state index is 6.08. The van der Waals surface area contributed by atoms with E-state index < -0.39 is 18.7 Å². The summed E-state index contributed by atoms with van der Waals surface area (Å²) in [5.74, 6) is 2.72. The molecule has 0 atom stereocenters. The molecular formula is C31H36ClN7SSn. The first-order valence-corrected chi connectivity index (χ1v) is 25.3. The summed E-state index contributed by atoms with van der Waals surface area (Å²) in [6.07, 6.45) is 4.42. The zero-order valence-electron chi connectivity index (χ0n) is 24.1. The third-order valence-electron chi connectivity index (χ3n) is 6.96. The molecule has 2 aromatic heterocycles. The van der Waals surface area contributed by atoms with Crippen LogP contribution in [0.5, 0.6) is 0 Å². The van der Waals surface area contributed by atoms with Crippen LogP contribution >= 0.6 is 23.4 Å². The van der Waals surface area contributed by atoms with Crippen molar-refractivity contribution in [3.8, 4) is 22.5 Å². The molecular weight excluding hydrogens is 657 g/mol. The Bertz CT molecular complexity index is 1570. The van der Waals surface area contributed by atoms with Crippen LogP contribution < -0.4 is 0 Å². The Hall–Kier alpha value is -2.69. The fourth-order valence-electron chi connectivity index (χ4n) is 4.74. The van der Waals surface area contributed by atoms with Crippen molar-refractivity contribution in [2.75, 3.05) is 0 Å². The number of benzene rings is 3. The molecule has 41 heavy (non-hydrogen) atoms. The van der Waals surface area contributed by atoms with E-state index in [2.05, 4.69) is 116 Å². The zero-order valence-corrected chi connectivity index (χ0v) is 28.5. The third-order valence-corrected chi connectivity index (χ3v) is 12.7. The van der Waals surface area contributed by atoms with Gasteiger partial charge in [0.1, 0.15) is 0 Å². The summed E-state index contributed by atoms with van der Waals surface area (Å²) in [6, 6.07) is 25.2. The Morgan fingerprint density at radius 1 is 0.805 bits per heavy atom. The summed E-state index contributed by atoms with van der Waals surface area (Å²) >= 11 is 5.23. The van der Waals surface area contributed by atoms with Crippen molar-refractivity contribution in [1.82, 2.24) is 33.2 Å². The molecule has 7 nitrogen and oxygen atoms in total. The number of aryl methyl sites for hydroxylation is 1. The van der Waals surface area contributed by atoms with E-state index in [4.69, 9.17) is 11.6 Å². The van der Waals surface area contributed by atoms with Gasteiger partial charge < -0.3 is 0 Å². The van der Waals surface area contributed by atoms with Crippen molar-refractivity contribution in [1.29, 1.82) is 0 Å². The van der Waals surface area contributed by atoms with Crippen LogP contribution in [0.25, 0.3) is 22.5 Å². The molecule has 0 unspecified atom stereocenters. The number of halogens is 1. The molecule has 0 saturated carbocycles. The predicted molar refractivity (Wildman–Crippen MR) is 171 cm³/mol. The van der Waals surface area contributed by atoms with Gasteiger partial charge in [-0.1, -0.05) is 43.5 Å². The van der Waals surface area contributed by atoms with Crippen molar-refractivity contribution in [2.24, 2.45) is 0 Å². The average molecular weight is 693 g/mol. The van der Waals surface area contributed by atoms with Crippen LogP contribution in [0.3, 0.4) is 0 Å². The fourth-order valence-corrected chi connectivity index (χ4v) is 8.94. The molecule has 2 heterocycles. The second-order valence-electron chi connectivity index (χ2n) is 11.2. The predicted octanol–water partition coefficient (Wildman–Crippen LogP) is 8.01. The van der Waals surface area contributed by atoms with Gasteiger partial charge in [-0.2, -0.15) is 0 Å². The van der Waals surface area contributed by atoms with Gasteiger partial charge in [0.25, 0.3) is 0 Å². The van der Waals surface area contributed by atoms with Gasteiger partial charge in [-0.15, -0.1) is 0 Å². The third kappa shape index (κ3) is 7.39. The minimum atomic E-state index is -2.57. The van der Waals surface area contributed by atoms with Gasteiger partial charge in [0.15, 0.2) is 0 Å². The van der Waals surface area contributed by atoms with E-state index in [1.165, 1.54) is 24.0 Å². The molecule has 5 aromatic rings. The van der Waals surface area contributed by atoms with Gasteiger partial charge in [0, 0.05) is 10.8 Å². The van der Waals surface area contributed by atoms with E-state index in [1.807, 2.05) is 12.1 Å². The number of rotatable bonds is 12. The van der Waals surface area contributed by atoms with E-state index in [0.717, 1.165) is 63.7 Å². The van der Waals surface area contributed by atoms with E-state index in [1.54, 1.807) is 11.8 Å². The molecule has 3 aromatic carbocycles. The van der Waals surface area contributed by atoms with E-state index in [9.17, 15) is 0 Å². The average Bonchev–Trinajstić information content (AvgIpc) is 3.61. The summed E-state index contributed by atoms with van der Waals surface area (Å²) in [6.45, 7) is 2.96. The van der Waals surface area contributed by atoms with Gasteiger partial charge in [0.2, 0.25) is 0 Å². The molecule has 10 heteroatoms. The van der Waals surface area contributed by atoms with Gasteiger partial charge in [0.05, 0.1) is 0 Å². The molecule has 0 amide bonds. The molecule has 0 spiro atoms. The Balaban J connectivity index is 1.39. The summed E-state index contributed by atoms with van der Waals surface area (Å²) in [7, 11) is 0. The Morgan fingerprint density at radius 3 is 2.22 bits per heavy atom. The number of nitrogens with zero attached hydrogens (tertiary/aromatic N) is 7. The normalized spacial score (nSPS) is 11.7. The van der Waals surface area contributed by atoms with Crippen LogP contribution in [0.4, 0.5) is 0 Å². The Kier molecular flexibility index (Phi) is 9.83. The number of tetrazole rings is 1. The molecule has 0 aliphatic heterocycles. The van der Waals surface area contributed by atoms with Crippen molar-refractivity contribution >= 4 is 42.0 Å². The van der Waals surface area contributed by atoms with Gasteiger partial charge in [-0.25, -0.2) is 0 Å². The zero-order chi connectivity index (χ0) is 28.8. The van der Waals surface area contributed by atoms with Crippen LogP contribution in [0, 0.1) is 0 Å². The number of hydrogen-bond donors (Lipinski definition) is 0. The molecule has 0 N–H and O–H groups in total. The number of hydrogen-bond acceptors (Lipinski definition) is 6. The molecule has 0 aliphatic rings. The molecule has 0 aliphatic carbocycles. The summed E-state index contributed by atoms with van der Waals surface area (Å²) < 4.78 is 4.38. The van der Waals surface area contributed by atoms with Gasteiger partial charge in [-0.05, 0) is 24.1 Å². The molecule has 0 fully saturated rings. The SMILES string of the molecule is CCCCCc1nnc(SCc2ccc(Cl)cc2)n1Cc1ccc(-c2ccccc2-c2nnn[n]2[Sn]([CH3])([CH3])[CH3])cc1. The molecule has 212 valence electrons. The first-order chi connectivity index (χ1) is 19.8. The number of aromatic nitrogens is 7. The summed E-state index contributed by atoms with van der Waals surface area (Å²) in [5.41, 5.74) is 5.77. The van der Waals surface area contributed by atoms with Crippen molar-refractivity contribution < 1.29 is 0 Å². The maximum atomic E-state index is 6.08. The number of thioether (sulfide) groups is 1. The van der Waals surface area contributed by atoms with Crippen molar-refractivity contribution in [2.45, 2.75) is 64.9 Å². The van der Waals surface area contributed by atoms with Gasteiger partial charge in [-0.3, -0.25) is 0 Å². The Morgan fingerprint density at radius 2 is 1.51 bits per heavy atom. The topological polar surface area (TPSA) is 74.3 Å². The first-order valence-electron chi connectivity index (χ1n) is 14.1. The standard InChI is InChI=1S/C28H27ClN7S.3CH3.Sn/c1-2-3-4-9-26-30-33-28(37-19-21-12-16-23(29)17-13-21)36(26)18-20-10-14-22(15-11-20)24-7-5-6-8-25(24)27-31-34-35-32-27;;;;/h5-8,10-17H,2-4,9,18-19H2,1H3;3*1H3;/q-1;;;;+1. The first kappa shape index (κ1) is 29.8. The van der Waals surface area contributed by atoms with E-state index >= 15 is 0 Å². The second-order valence-corrected chi connectivity index (χ2v) is 26.2. The van der Waals surface area contributed by atoms with Crippen LogP contribution in [0.15, 0.2) is 78.0 Å². The van der Waals surface area contributed by atoms with E-state index in [0.29, 0.717) is 0 Å². The number of unbranched alkanes of at least 4 members (excludes halogenated alkanes) is 2. The molecule has 0 saturated heterocycles.